The lowest BCUT2D eigenvalue weighted by atomic mass is 9.86. The minimum absolute atomic E-state index is 0.631. The average molecular weight is 779 g/mol. The van der Waals surface area contributed by atoms with Crippen molar-refractivity contribution in [1.82, 2.24) is 19.9 Å². The first-order valence-corrected chi connectivity index (χ1v) is 21.0. The van der Waals surface area contributed by atoms with E-state index in [9.17, 15) is 0 Å². The van der Waals surface area contributed by atoms with Crippen LogP contribution in [-0.2, 0) is 0 Å². The van der Waals surface area contributed by atoms with Crippen LogP contribution in [0.2, 0.25) is 0 Å². The number of allylic oxidation sites excluding steroid dienone is 5. The van der Waals surface area contributed by atoms with Crippen molar-refractivity contribution in [2.45, 2.75) is 26.7 Å². The molecule has 2 aromatic heterocycles. The van der Waals surface area contributed by atoms with Crippen molar-refractivity contribution < 1.29 is 0 Å². The summed E-state index contributed by atoms with van der Waals surface area (Å²) in [6.45, 7) is 4.27. The van der Waals surface area contributed by atoms with E-state index in [1.54, 1.807) is 11.8 Å². The maximum atomic E-state index is 5.04. The summed E-state index contributed by atoms with van der Waals surface area (Å²) in [7, 11) is 0. The van der Waals surface area contributed by atoms with Crippen molar-refractivity contribution >= 4 is 34.3 Å². The summed E-state index contributed by atoms with van der Waals surface area (Å²) >= 11 is 1.78. The van der Waals surface area contributed by atoms with Crippen LogP contribution in [0.3, 0.4) is 0 Å². The van der Waals surface area contributed by atoms with Crippen LogP contribution < -0.4 is 0 Å². The highest BCUT2D eigenvalue weighted by molar-refractivity contribution is 8.06. The second kappa shape index (κ2) is 17.3. The summed E-state index contributed by atoms with van der Waals surface area (Å²) in [5.74, 6) is 1.92. The fourth-order valence-corrected chi connectivity index (χ4v) is 8.58. The van der Waals surface area contributed by atoms with Gasteiger partial charge in [0.1, 0.15) is 0 Å². The minimum atomic E-state index is 0.631. The zero-order valence-corrected chi connectivity index (χ0v) is 33.9. The molecule has 0 saturated heterocycles. The molecule has 0 unspecified atom stereocenters. The molecule has 5 heteroatoms. The lowest BCUT2D eigenvalue weighted by Gasteiger charge is -2.19. The number of nitrogens with zero attached hydrogens (tertiary/aromatic N) is 4. The number of rotatable bonds is 5. The molecule has 1 aliphatic rings. The third-order valence-electron chi connectivity index (χ3n) is 10.7. The SMILES string of the molecule is CC=C1/C(=C\C)S/C=C/CC/C=C/c2ccc(-c3cccc(-c4nc(-c5ccccc5)nc(-c5ccccc5)n4)c3)cc2-c2cc(-c3cccc4cccnc34)ccc21. The molecule has 0 N–H and O–H groups in total. The lowest BCUT2D eigenvalue weighted by Crippen LogP contribution is -2.00. The van der Waals surface area contributed by atoms with Crippen LogP contribution in [0.4, 0.5) is 0 Å². The molecule has 0 radical (unpaired) electrons. The Balaban J connectivity index is 1.23. The van der Waals surface area contributed by atoms with Gasteiger partial charge >= 0.3 is 0 Å². The Morgan fingerprint density at radius 1 is 0.475 bits per heavy atom. The van der Waals surface area contributed by atoms with Gasteiger partial charge in [-0.25, -0.2) is 15.0 Å². The molecule has 0 aliphatic carbocycles. The quantitative estimate of drug-likeness (QED) is 0.174. The number of hydrogen-bond donors (Lipinski definition) is 0. The molecule has 0 spiro atoms. The molecule has 4 nitrogen and oxygen atoms in total. The van der Waals surface area contributed by atoms with Crippen LogP contribution in [0.1, 0.15) is 37.8 Å². The van der Waals surface area contributed by atoms with E-state index in [0.29, 0.717) is 17.5 Å². The first-order valence-electron chi connectivity index (χ1n) is 20.1. The molecule has 9 rings (SSSR count). The van der Waals surface area contributed by atoms with Gasteiger partial charge in [0.15, 0.2) is 17.5 Å². The highest BCUT2D eigenvalue weighted by atomic mass is 32.2. The fraction of sp³-hybridized carbons (Fsp3) is 0.0741. The molecule has 0 amide bonds. The third-order valence-corrected chi connectivity index (χ3v) is 11.7. The van der Waals surface area contributed by atoms with E-state index < -0.39 is 0 Å². The van der Waals surface area contributed by atoms with E-state index in [-0.39, 0.29) is 0 Å². The van der Waals surface area contributed by atoms with Gasteiger partial charge < -0.3 is 0 Å². The van der Waals surface area contributed by atoms with Gasteiger partial charge in [0.25, 0.3) is 0 Å². The first kappa shape index (κ1) is 37.6. The van der Waals surface area contributed by atoms with Gasteiger partial charge in [-0.1, -0.05) is 170 Å². The number of pyridine rings is 1. The molecule has 0 bridgehead atoms. The second-order valence-corrected chi connectivity index (χ2v) is 15.3. The molecule has 0 saturated carbocycles. The molecule has 6 aromatic carbocycles. The van der Waals surface area contributed by atoms with E-state index in [1.165, 1.54) is 32.7 Å². The number of thioether (sulfide) groups is 1. The number of para-hydroxylation sites is 1. The Morgan fingerprint density at radius 3 is 1.85 bits per heavy atom. The normalized spacial score (nSPS) is 15.4. The second-order valence-electron chi connectivity index (χ2n) is 14.4. The van der Waals surface area contributed by atoms with Crippen LogP contribution in [0.5, 0.6) is 0 Å². The number of aromatic nitrogens is 4. The average Bonchev–Trinajstić information content (AvgIpc) is 3.32. The summed E-state index contributed by atoms with van der Waals surface area (Å²) in [5.41, 5.74) is 14.1. The van der Waals surface area contributed by atoms with Gasteiger partial charge in [-0.3, -0.25) is 4.98 Å². The Morgan fingerprint density at radius 2 is 1.10 bits per heavy atom. The van der Waals surface area contributed by atoms with E-state index >= 15 is 0 Å². The monoisotopic (exact) mass is 778 g/mol. The fourth-order valence-electron chi connectivity index (χ4n) is 7.71. The zero-order chi connectivity index (χ0) is 40.0. The summed E-state index contributed by atoms with van der Waals surface area (Å²) in [6.07, 6.45) is 15.2. The van der Waals surface area contributed by atoms with Gasteiger partial charge in [-0.15, -0.1) is 0 Å². The standard InChI is InChI=1S/C54H42N4S/c1-3-45-47-31-30-43(46-27-16-23-38-26-17-32-55-51(38)46)36-49(47)48-35-42(29-28-37(48)18-9-5-6-14-33-59-50(45)4-2)41-24-15-25-44(34-41)54-57-52(39-19-10-7-11-20-39)56-53(58-54)40-21-12-8-13-22-40/h3-4,7-36H,5-6H2,1-2H3/b18-9+,33-14+,45-3?,50-4+. The minimum Gasteiger partial charge on any atom is -0.256 e. The van der Waals surface area contributed by atoms with Crippen molar-refractivity contribution in [3.8, 4) is 67.5 Å². The van der Waals surface area contributed by atoms with Crippen LogP contribution in [-0.4, -0.2) is 19.9 Å². The number of hydrogen-bond acceptors (Lipinski definition) is 5. The predicted octanol–water partition coefficient (Wildman–Crippen LogP) is 14.8. The van der Waals surface area contributed by atoms with Crippen LogP contribution >= 0.6 is 11.8 Å². The summed E-state index contributed by atoms with van der Waals surface area (Å²) in [5, 5.41) is 3.36. The van der Waals surface area contributed by atoms with Gasteiger partial charge in [0, 0.05) is 38.7 Å². The zero-order valence-electron chi connectivity index (χ0n) is 33.1. The predicted molar refractivity (Wildman–Crippen MR) is 250 cm³/mol. The molecule has 0 atom stereocenters. The largest absolute Gasteiger partial charge is 0.256 e. The van der Waals surface area contributed by atoms with Crippen LogP contribution in [0, 0.1) is 0 Å². The molecular weight excluding hydrogens is 737 g/mol. The topological polar surface area (TPSA) is 51.6 Å². The van der Waals surface area contributed by atoms with E-state index in [0.717, 1.165) is 62.7 Å². The Hall–Kier alpha value is -6.95. The van der Waals surface area contributed by atoms with E-state index in [2.05, 4.69) is 135 Å². The van der Waals surface area contributed by atoms with Crippen molar-refractivity contribution in [3.05, 3.63) is 204 Å². The molecule has 0 fully saturated rings. The summed E-state index contributed by atoms with van der Waals surface area (Å²) in [4.78, 5) is 21.1. The van der Waals surface area contributed by atoms with Gasteiger partial charge in [-0.05, 0) is 101 Å². The summed E-state index contributed by atoms with van der Waals surface area (Å²) < 4.78 is 0. The van der Waals surface area contributed by atoms with Gasteiger partial charge in [0.05, 0.1) is 5.52 Å². The number of fused-ring (bicyclic) bond motifs is 4. The van der Waals surface area contributed by atoms with Crippen molar-refractivity contribution in [3.63, 3.8) is 0 Å². The first-order chi connectivity index (χ1) is 29.2. The van der Waals surface area contributed by atoms with E-state index in [4.69, 9.17) is 19.9 Å². The van der Waals surface area contributed by atoms with Gasteiger partial charge in [-0.2, -0.15) is 0 Å². The maximum absolute atomic E-state index is 5.04. The molecule has 1 aliphatic heterocycles. The molecule has 284 valence electrons. The van der Waals surface area contributed by atoms with Crippen molar-refractivity contribution in [2.24, 2.45) is 0 Å². The van der Waals surface area contributed by atoms with Crippen molar-refractivity contribution in [2.75, 3.05) is 0 Å². The Bertz CT molecular complexity index is 2860. The Labute approximate surface area is 350 Å². The van der Waals surface area contributed by atoms with Crippen LogP contribution in [0.25, 0.3) is 90.1 Å². The molecule has 3 heterocycles. The molecular formula is C54H42N4S. The van der Waals surface area contributed by atoms with E-state index in [1.807, 2.05) is 72.9 Å². The maximum Gasteiger partial charge on any atom is 0.164 e. The highest BCUT2D eigenvalue weighted by Crippen LogP contribution is 2.43. The molecule has 8 aromatic rings. The highest BCUT2D eigenvalue weighted by Gasteiger charge is 2.19. The van der Waals surface area contributed by atoms with Crippen molar-refractivity contribution in [1.29, 1.82) is 0 Å². The third kappa shape index (κ3) is 7.98. The summed E-state index contributed by atoms with van der Waals surface area (Å²) in [6, 6.07) is 53.1. The Kier molecular flexibility index (Phi) is 11.0. The lowest BCUT2D eigenvalue weighted by molar-refractivity contribution is 1.06. The number of benzene rings is 6. The van der Waals surface area contributed by atoms with Crippen LogP contribution in [0.15, 0.2) is 192 Å². The smallest absolute Gasteiger partial charge is 0.164 e. The van der Waals surface area contributed by atoms with Gasteiger partial charge in [0.2, 0.25) is 0 Å². The molecule has 59 heavy (non-hydrogen) atoms.